The SMILES string of the molecule is CCCCCCOC(=O)CCCCCCCCC(=O)OCCOCC. The zero-order chi connectivity index (χ0) is 18.6. The summed E-state index contributed by atoms with van der Waals surface area (Å²) in [5.74, 6) is -0.201. The van der Waals surface area contributed by atoms with E-state index < -0.39 is 0 Å². The van der Waals surface area contributed by atoms with E-state index in [1.54, 1.807) is 0 Å². The van der Waals surface area contributed by atoms with E-state index in [1.165, 1.54) is 12.8 Å². The topological polar surface area (TPSA) is 61.8 Å². The minimum Gasteiger partial charge on any atom is -0.466 e. The zero-order valence-corrected chi connectivity index (χ0v) is 16.4. The average Bonchev–Trinajstić information content (AvgIpc) is 2.60. The minimum absolute atomic E-state index is 0.0636. The van der Waals surface area contributed by atoms with Gasteiger partial charge in [-0.2, -0.15) is 0 Å². The number of hydrogen-bond acceptors (Lipinski definition) is 5. The molecule has 0 aliphatic heterocycles. The molecule has 0 rings (SSSR count). The summed E-state index contributed by atoms with van der Waals surface area (Å²) >= 11 is 0. The molecule has 0 aromatic heterocycles. The molecule has 0 saturated carbocycles. The molecule has 0 aromatic carbocycles. The van der Waals surface area contributed by atoms with Gasteiger partial charge in [0.2, 0.25) is 0 Å². The Bertz CT molecular complexity index is 317. The van der Waals surface area contributed by atoms with Crippen LogP contribution in [0.15, 0.2) is 0 Å². The summed E-state index contributed by atoms with van der Waals surface area (Å²) < 4.78 is 15.4. The summed E-state index contributed by atoms with van der Waals surface area (Å²) in [6.45, 7) is 6.12. The molecule has 0 aliphatic carbocycles. The Morgan fingerprint density at radius 1 is 0.600 bits per heavy atom. The van der Waals surface area contributed by atoms with Gasteiger partial charge in [-0.1, -0.05) is 51.9 Å². The second-order valence-corrected chi connectivity index (χ2v) is 6.32. The molecule has 148 valence electrons. The number of carbonyl (C=O) groups excluding carboxylic acids is 2. The molecule has 0 unspecified atom stereocenters. The van der Waals surface area contributed by atoms with E-state index >= 15 is 0 Å². The first kappa shape index (κ1) is 23.9. The van der Waals surface area contributed by atoms with Gasteiger partial charge in [0.25, 0.3) is 0 Å². The van der Waals surface area contributed by atoms with Crippen LogP contribution in [0.25, 0.3) is 0 Å². The van der Waals surface area contributed by atoms with E-state index in [4.69, 9.17) is 14.2 Å². The highest BCUT2D eigenvalue weighted by molar-refractivity contribution is 5.69. The van der Waals surface area contributed by atoms with Crippen LogP contribution in [0.1, 0.15) is 90.9 Å². The number of carbonyl (C=O) groups is 2. The summed E-state index contributed by atoms with van der Waals surface area (Å²) in [6.07, 6.45) is 11.6. The Labute approximate surface area is 153 Å². The number of rotatable bonds is 18. The summed E-state index contributed by atoms with van der Waals surface area (Å²) in [5, 5.41) is 0. The van der Waals surface area contributed by atoms with Crippen molar-refractivity contribution in [3.8, 4) is 0 Å². The van der Waals surface area contributed by atoms with E-state index in [1.807, 2.05) is 6.92 Å². The predicted molar refractivity (Wildman–Crippen MR) is 99.5 cm³/mol. The van der Waals surface area contributed by atoms with Crippen LogP contribution in [0.5, 0.6) is 0 Å². The highest BCUT2D eigenvalue weighted by Crippen LogP contribution is 2.10. The fourth-order valence-corrected chi connectivity index (χ4v) is 2.46. The molecule has 0 radical (unpaired) electrons. The van der Waals surface area contributed by atoms with Gasteiger partial charge < -0.3 is 14.2 Å². The Morgan fingerprint density at radius 2 is 1.12 bits per heavy atom. The lowest BCUT2D eigenvalue weighted by Gasteiger charge is -2.05. The summed E-state index contributed by atoms with van der Waals surface area (Å²) in [7, 11) is 0. The molecular formula is C20H38O5. The Hall–Kier alpha value is -1.10. The third kappa shape index (κ3) is 19.1. The van der Waals surface area contributed by atoms with Crippen molar-refractivity contribution in [2.24, 2.45) is 0 Å². The predicted octanol–water partition coefficient (Wildman–Crippen LogP) is 4.81. The quantitative estimate of drug-likeness (QED) is 0.260. The van der Waals surface area contributed by atoms with Crippen molar-refractivity contribution in [1.82, 2.24) is 0 Å². The Balaban J connectivity index is 3.24. The standard InChI is InChI=1S/C20H38O5/c1-3-5-6-13-16-24-19(21)14-11-9-7-8-10-12-15-20(22)25-18-17-23-4-2/h3-18H2,1-2H3. The lowest BCUT2D eigenvalue weighted by molar-refractivity contribution is -0.145. The maximum atomic E-state index is 11.5. The first-order valence-electron chi connectivity index (χ1n) is 10.1. The van der Waals surface area contributed by atoms with Crippen LogP contribution < -0.4 is 0 Å². The lowest BCUT2D eigenvalue weighted by Crippen LogP contribution is -2.10. The minimum atomic E-state index is -0.138. The highest BCUT2D eigenvalue weighted by Gasteiger charge is 2.04. The fraction of sp³-hybridized carbons (Fsp3) is 0.900. The summed E-state index contributed by atoms with van der Waals surface area (Å²) in [5.41, 5.74) is 0. The Morgan fingerprint density at radius 3 is 1.68 bits per heavy atom. The van der Waals surface area contributed by atoms with E-state index in [9.17, 15) is 9.59 Å². The van der Waals surface area contributed by atoms with Gasteiger partial charge in [-0.05, 0) is 26.2 Å². The van der Waals surface area contributed by atoms with Crippen LogP contribution in [-0.2, 0) is 23.8 Å². The number of unbranched alkanes of at least 4 members (excludes halogenated alkanes) is 8. The van der Waals surface area contributed by atoms with Crippen LogP contribution in [0.2, 0.25) is 0 Å². The van der Waals surface area contributed by atoms with Crippen molar-refractivity contribution in [3.05, 3.63) is 0 Å². The van der Waals surface area contributed by atoms with Crippen LogP contribution >= 0.6 is 0 Å². The molecule has 0 aliphatic rings. The van der Waals surface area contributed by atoms with Crippen molar-refractivity contribution < 1.29 is 23.8 Å². The molecule has 0 fully saturated rings. The molecule has 0 bridgehead atoms. The second kappa shape index (κ2) is 19.2. The van der Waals surface area contributed by atoms with Crippen LogP contribution in [0, 0.1) is 0 Å². The van der Waals surface area contributed by atoms with E-state index in [0.717, 1.165) is 51.4 Å². The number of esters is 2. The molecule has 5 heteroatoms. The molecular weight excluding hydrogens is 320 g/mol. The van der Waals surface area contributed by atoms with Crippen LogP contribution in [0.4, 0.5) is 0 Å². The van der Waals surface area contributed by atoms with Crippen LogP contribution in [-0.4, -0.2) is 38.4 Å². The molecule has 0 spiro atoms. The highest BCUT2D eigenvalue weighted by atomic mass is 16.6. The van der Waals surface area contributed by atoms with E-state index in [0.29, 0.717) is 39.3 Å². The van der Waals surface area contributed by atoms with Crippen molar-refractivity contribution in [2.75, 3.05) is 26.4 Å². The van der Waals surface area contributed by atoms with Crippen molar-refractivity contribution in [3.63, 3.8) is 0 Å². The normalized spacial score (nSPS) is 10.6. The monoisotopic (exact) mass is 358 g/mol. The fourth-order valence-electron chi connectivity index (χ4n) is 2.46. The smallest absolute Gasteiger partial charge is 0.305 e. The summed E-state index contributed by atoms with van der Waals surface area (Å²) in [6, 6.07) is 0. The molecule has 0 aromatic rings. The van der Waals surface area contributed by atoms with Gasteiger partial charge in [-0.15, -0.1) is 0 Å². The zero-order valence-electron chi connectivity index (χ0n) is 16.4. The average molecular weight is 359 g/mol. The first-order valence-corrected chi connectivity index (χ1v) is 10.1. The first-order chi connectivity index (χ1) is 12.2. The largest absolute Gasteiger partial charge is 0.466 e. The van der Waals surface area contributed by atoms with Gasteiger partial charge in [0.1, 0.15) is 6.61 Å². The van der Waals surface area contributed by atoms with Gasteiger partial charge in [0, 0.05) is 19.4 Å². The maximum absolute atomic E-state index is 11.5. The molecule has 0 heterocycles. The maximum Gasteiger partial charge on any atom is 0.305 e. The van der Waals surface area contributed by atoms with Crippen molar-refractivity contribution in [1.29, 1.82) is 0 Å². The van der Waals surface area contributed by atoms with Crippen LogP contribution in [0.3, 0.4) is 0 Å². The third-order valence-corrected chi connectivity index (χ3v) is 3.97. The van der Waals surface area contributed by atoms with E-state index in [-0.39, 0.29) is 11.9 Å². The van der Waals surface area contributed by atoms with Gasteiger partial charge in [0.15, 0.2) is 0 Å². The third-order valence-electron chi connectivity index (χ3n) is 3.97. The van der Waals surface area contributed by atoms with Crippen molar-refractivity contribution in [2.45, 2.75) is 90.9 Å². The lowest BCUT2D eigenvalue weighted by atomic mass is 10.1. The molecule has 0 amide bonds. The number of ether oxygens (including phenoxy) is 3. The molecule has 0 N–H and O–H groups in total. The van der Waals surface area contributed by atoms with Gasteiger partial charge in [0.05, 0.1) is 13.2 Å². The van der Waals surface area contributed by atoms with Gasteiger partial charge in [-0.3, -0.25) is 9.59 Å². The molecule has 5 nitrogen and oxygen atoms in total. The number of hydrogen-bond donors (Lipinski definition) is 0. The van der Waals surface area contributed by atoms with Gasteiger partial charge in [-0.25, -0.2) is 0 Å². The van der Waals surface area contributed by atoms with E-state index in [2.05, 4.69) is 6.92 Å². The van der Waals surface area contributed by atoms with Crippen molar-refractivity contribution >= 4 is 11.9 Å². The molecule has 0 saturated heterocycles. The summed E-state index contributed by atoms with van der Waals surface area (Å²) in [4.78, 5) is 23.0. The second-order valence-electron chi connectivity index (χ2n) is 6.32. The van der Waals surface area contributed by atoms with Gasteiger partial charge >= 0.3 is 11.9 Å². The molecule has 25 heavy (non-hydrogen) atoms. The Kier molecular flexibility index (Phi) is 18.4. The molecule has 0 atom stereocenters.